The lowest BCUT2D eigenvalue weighted by molar-refractivity contribution is -0.133. The summed E-state index contributed by atoms with van der Waals surface area (Å²) in [5.74, 6) is 0.0443. The molecule has 126 valence electrons. The zero-order valence-electron chi connectivity index (χ0n) is 13.7. The first-order valence-electron chi connectivity index (χ1n) is 8.37. The van der Waals surface area contributed by atoms with E-state index in [0.29, 0.717) is 19.1 Å². The summed E-state index contributed by atoms with van der Waals surface area (Å²) in [6, 6.07) is 10.1. The third kappa shape index (κ3) is 5.46. The Bertz CT molecular complexity index is 504. The molecule has 0 aromatic heterocycles. The number of hydrogen-bond acceptors (Lipinski definition) is 4. The van der Waals surface area contributed by atoms with Crippen LogP contribution in [0.4, 0.5) is 0 Å². The topological polar surface area (TPSA) is 64.6 Å². The summed E-state index contributed by atoms with van der Waals surface area (Å²) in [5, 5.41) is 9.23. The smallest absolute Gasteiger partial charge is 0.241 e. The first-order chi connectivity index (χ1) is 11.2. The predicted molar refractivity (Wildman–Crippen MR) is 92.5 cm³/mol. The molecule has 0 spiro atoms. The van der Waals surface area contributed by atoms with E-state index in [1.54, 1.807) is 4.90 Å². The van der Waals surface area contributed by atoms with Gasteiger partial charge in [-0.25, -0.2) is 5.43 Å². The van der Waals surface area contributed by atoms with E-state index in [2.05, 4.69) is 17.8 Å². The summed E-state index contributed by atoms with van der Waals surface area (Å²) in [6.45, 7) is 2.98. The highest BCUT2D eigenvalue weighted by atomic mass is 16.3. The van der Waals surface area contributed by atoms with E-state index in [1.807, 2.05) is 42.5 Å². The number of nitrogens with one attached hydrogen (secondary N) is 2. The SMILES string of the molecule is CCCC1CC(C(=O)N(C/C=C/c2ccccc2)CCO)NN1. The van der Waals surface area contributed by atoms with Gasteiger partial charge in [0.05, 0.1) is 6.61 Å². The second kappa shape index (κ2) is 9.45. The van der Waals surface area contributed by atoms with Crippen LogP contribution in [0.2, 0.25) is 0 Å². The van der Waals surface area contributed by atoms with Gasteiger partial charge in [0.1, 0.15) is 6.04 Å². The molecule has 1 saturated heterocycles. The van der Waals surface area contributed by atoms with Gasteiger partial charge in [-0.3, -0.25) is 10.2 Å². The largest absolute Gasteiger partial charge is 0.395 e. The van der Waals surface area contributed by atoms with Crippen molar-refractivity contribution in [3.05, 3.63) is 42.0 Å². The molecule has 3 N–H and O–H groups in total. The van der Waals surface area contributed by atoms with Crippen LogP contribution in [-0.2, 0) is 4.79 Å². The second-order valence-corrected chi connectivity index (χ2v) is 5.88. The highest BCUT2D eigenvalue weighted by Gasteiger charge is 2.31. The number of hydrazine groups is 1. The number of carbonyl (C=O) groups excluding carboxylic acids is 1. The fourth-order valence-electron chi connectivity index (χ4n) is 2.83. The lowest BCUT2D eigenvalue weighted by Crippen LogP contribution is -2.46. The van der Waals surface area contributed by atoms with Gasteiger partial charge in [0.2, 0.25) is 5.91 Å². The summed E-state index contributed by atoms with van der Waals surface area (Å²) in [7, 11) is 0. The monoisotopic (exact) mass is 317 g/mol. The van der Waals surface area contributed by atoms with Crippen molar-refractivity contribution < 1.29 is 9.90 Å². The Kier molecular flexibility index (Phi) is 7.26. The van der Waals surface area contributed by atoms with Gasteiger partial charge in [-0.2, -0.15) is 0 Å². The Morgan fingerprint density at radius 2 is 2.13 bits per heavy atom. The minimum atomic E-state index is -0.205. The maximum absolute atomic E-state index is 12.6. The number of carbonyl (C=O) groups is 1. The van der Waals surface area contributed by atoms with Crippen LogP contribution in [0.3, 0.4) is 0 Å². The van der Waals surface area contributed by atoms with Gasteiger partial charge in [0.25, 0.3) is 0 Å². The van der Waals surface area contributed by atoms with Gasteiger partial charge < -0.3 is 10.0 Å². The van der Waals surface area contributed by atoms with Crippen molar-refractivity contribution in [1.29, 1.82) is 0 Å². The van der Waals surface area contributed by atoms with E-state index in [9.17, 15) is 9.90 Å². The molecule has 5 heteroatoms. The molecule has 1 fully saturated rings. The van der Waals surface area contributed by atoms with Gasteiger partial charge in [-0.05, 0) is 18.4 Å². The molecule has 1 aromatic rings. The highest BCUT2D eigenvalue weighted by Crippen LogP contribution is 2.12. The van der Waals surface area contributed by atoms with E-state index in [-0.39, 0.29) is 18.6 Å². The first-order valence-corrected chi connectivity index (χ1v) is 8.37. The molecule has 0 radical (unpaired) electrons. The van der Waals surface area contributed by atoms with Crippen LogP contribution < -0.4 is 10.9 Å². The van der Waals surface area contributed by atoms with Gasteiger partial charge in [0.15, 0.2) is 0 Å². The summed E-state index contributed by atoms with van der Waals surface area (Å²) >= 11 is 0. The second-order valence-electron chi connectivity index (χ2n) is 5.88. The van der Waals surface area contributed by atoms with Crippen LogP contribution in [-0.4, -0.2) is 47.7 Å². The summed E-state index contributed by atoms with van der Waals surface area (Å²) in [6.07, 6.45) is 6.93. The molecule has 0 saturated carbocycles. The van der Waals surface area contributed by atoms with Crippen molar-refractivity contribution in [3.8, 4) is 0 Å². The number of benzene rings is 1. The van der Waals surface area contributed by atoms with Crippen molar-refractivity contribution in [3.63, 3.8) is 0 Å². The Labute approximate surface area is 138 Å². The Hall–Kier alpha value is -1.69. The number of aliphatic hydroxyl groups excluding tert-OH is 1. The first kappa shape index (κ1) is 17.7. The molecule has 1 aromatic carbocycles. The zero-order chi connectivity index (χ0) is 16.5. The van der Waals surface area contributed by atoms with Crippen LogP contribution in [0, 0.1) is 0 Å². The standard InChI is InChI=1S/C18H27N3O2/c1-2-7-16-14-17(20-19-16)18(23)21(12-13-22)11-6-10-15-8-4-3-5-9-15/h3-6,8-10,16-17,19-20,22H,2,7,11-14H2,1H3/b10-6+. The van der Waals surface area contributed by atoms with E-state index >= 15 is 0 Å². The summed E-state index contributed by atoms with van der Waals surface area (Å²) < 4.78 is 0. The van der Waals surface area contributed by atoms with Crippen molar-refractivity contribution in [2.24, 2.45) is 0 Å². The van der Waals surface area contributed by atoms with Crippen molar-refractivity contribution in [2.75, 3.05) is 19.7 Å². The number of amides is 1. The third-order valence-electron chi connectivity index (χ3n) is 4.03. The molecule has 2 rings (SSSR count). The van der Waals surface area contributed by atoms with Crippen LogP contribution >= 0.6 is 0 Å². The molecule has 0 aliphatic carbocycles. The van der Waals surface area contributed by atoms with Crippen molar-refractivity contribution >= 4 is 12.0 Å². The van der Waals surface area contributed by atoms with Gasteiger partial charge in [0, 0.05) is 19.1 Å². The predicted octanol–water partition coefficient (Wildman–Crippen LogP) is 1.56. The normalized spacial score (nSPS) is 21.0. The lowest BCUT2D eigenvalue weighted by Gasteiger charge is -2.23. The molecule has 23 heavy (non-hydrogen) atoms. The highest BCUT2D eigenvalue weighted by molar-refractivity contribution is 5.82. The minimum Gasteiger partial charge on any atom is -0.395 e. The van der Waals surface area contributed by atoms with Crippen LogP contribution in [0.5, 0.6) is 0 Å². The van der Waals surface area contributed by atoms with Gasteiger partial charge in [-0.15, -0.1) is 0 Å². The number of nitrogens with zero attached hydrogens (tertiary/aromatic N) is 1. The van der Waals surface area contributed by atoms with Crippen molar-refractivity contribution in [2.45, 2.75) is 38.3 Å². The molecule has 1 heterocycles. The number of rotatable bonds is 8. The molecular weight excluding hydrogens is 290 g/mol. The van der Waals surface area contributed by atoms with Crippen LogP contribution in [0.25, 0.3) is 6.08 Å². The molecule has 2 unspecified atom stereocenters. The maximum Gasteiger partial charge on any atom is 0.241 e. The molecular formula is C18H27N3O2. The third-order valence-corrected chi connectivity index (χ3v) is 4.03. The zero-order valence-corrected chi connectivity index (χ0v) is 13.7. The van der Waals surface area contributed by atoms with E-state index < -0.39 is 0 Å². The molecule has 2 atom stereocenters. The molecule has 1 amide bonds. The molecule has 1 aliphatic heterocycles. The van der Waals surface area contributed by atoms with Crippen LogP contribution in [0.1, 0.15) is 31.7 Å². The van der Waals surface area contributed by atoms with E-state index in [4.69, 9.17) is 0 Å². The number of aliphatic hydroxyl groups is 1. The lowest BCUT2D eigenvalue weighted by atomic mass is 10.1. The maximum atomic E-state index is 12.6. The fraction of sp³-hybridized carbons (Fsp3) is 0.500. The summed E-state index contributed by atoms with van der Waals surface area (Å²) in [4.78, 5) is 14.3. The summed E-state index contributed by atoms with van der Waals surface area (Å²) in [5.41, 5.74) is 7.38. The molecule has 5 nitrogen and oxygen atoms in total. The quantitative estimate of drug-likeness (QED) is 0.681. The Morgan fingerprint density at radius 1 is 1.35 bits per heavy atom. The van der Waals surface area contributed by atoms with E-state index in [0.717, 1.165) is 24.8 Å². The van der Waals surface area contributed by atoms with Crippen molar-refractivity contribution in [1.82, 2.24) is 15.8 Å². The van der Waals surface area contributed by atoms with Crippen LogP contribution in [0.15, 0.2) is 36.4 Å². The average molecular weight is 317 g/mol. The Balaban J connectivity index is 1.90. The average Bonchev–Trinajstić information content (AvgIpc) is 3.03. The van der Waals surface area contributed by atoms with E-state index in [1.165, 1.54) is 0 Å². The fourth-order valence-corrected chi connectivity index (χ4v) is 2.83. The molecule has 0 bridgehead atoms. The van der Waals surface area contributed by atoms with Gasteiger partial charge in [-0.1, -0.05) is 55.8 Å². The Morgan fingerprint density at radius 3 is 2.83 bits per heavy atom. The molecule has 1 aliphatic rings. The van der Waals surface area contributed by atoms with Gasteiger partial charge >= 0.3 is 0 Å². The number of hydrogen-bond donors (Lipinski definition) is 3. The minimum absolute atomic E-state index is 0.0244.